The molecule has 5 rings (SSSR count). The zero-order chi connectivity index (χ0) is 23.8. The summed E-state index contributed by atoms with van der Waals surface area (Å²) in [5.74, 6) is 1.10. The molecule has 0 saturated carbocycles. The molecular formula is C27H22ClNO5. The first-order valence-corrected chi connectivity index (χ1v) is 11.3. The van der Waals surface area contributed by atoms with Gasteiger partial charge in [-0.3, -0.25) is 9.59 Å². The van der Waals surface area contributed by atoms with Gasteiger partial charge in [-0.05, 0) is 60.5 Å². The number of hydrogen-bond donors (Lipinski definition) is 0. The van der Waals surface area contributed by atoms with Gasteiger partial charge in [0.15, 0.2) is 5.43 Å². The van der Waals surface area contributed by atoms with E-state index in [1.54, 1.807) is 30.2 Å². The molecule has 1 aliphatic heterocycles. The van der Waals surface area contributed by atoms with E-state index in [1.165, 1.54) is 0 Å². The zero-order valence-corrected chi connectivity index (χ0v) is 19.5. The van der Waals surface area contributed by atoms with Crippen LogP contribution < -0.4 is 14.9 Å². The highest BCUT2D eigenvalue weighted by molar-refractivity contribution is 6.31. The van der Waals surface area contributed by atoms with Crippen molar-refractivity contribution in [3.8, 4) is 11.5 Å². The monoisotopic (exact) mass is 475 g/mol. The Bertz CT molecular complexity index is 1440. The molecule has 1 unspecified atom stereocenters. The molecule has 0 bridgehead atoms. The Morgan fingerprint density at radius 3 is 2.53 bits per heavy atom. The number of carbonyl (C=O) groups excluding carboxylic acids is 1. The lowest BCUT2D eigenvalue weighted by molar-refractivity contribution is 0.0714. The number of fused-ring (bicyclic) bond motifs is 2. The molecule has 0 fully saturated rings. The summed E-state index contributed by atoms with van der Waals surface area (Å²) >= 11 is 6.16. The third-order valence-electron chi connectivity index (χ3n) is 5.92. The van der Waals surface area contributed by atoms with Crippen LogP contribution in [-0.4, -0.2) is 24.5 Å². The van der Waals surface area contributed by atoms with E-state index in [4.69, 9.17) is 25.5 Å². The summed E-state index contributed by atoms with van der Waals surface area (Å²) in [5, 5.41) is 0.769. The Kier molecular flexibility index (Phi) is 5.75. The first kappa shape index (κ1) is 22.0. The van der Waals surface area contributed by atoms with Crippen molar-refractivity contribution in [3.63, 3.8) is 0 Å². The molecule has 34 heavy (non-hydrogen) atoms. The maximum Gasteiger partial charge on any atom is 0.291 e. The number of methoxy groups -OCH3 is 1. The van der Waals surface area contributed by atoms with Crippen LogP contribution >= 0.6 is 11.6 Å². The van der Waals surface area contributed by atoms with Gasteiger partial charge < -0.3 is 18.8 Å². The zero-order valence-electron chi connectivity index (χ0n) is 18.7. The van der Waals surface area contributed by atoms with Gasteiger partial charge >= 0.3 is 0 Å². The van der Waals surface area contributed by atoms with Gasteiger partial charge in [-0.1, -0.05) is 35.9 Å². The second kappa shape index (κ2) is 8.88. The fraction of sp³-hybridized carbons (Fsp3) is 0.185. The number of nitrogens with zero attached hydrogens (tertiary/aromatic N) is 1. The number of benzene rings is 3. The standard InChI is InChI=1S/C27H22ClNO5/c1-3-33-20-6-4-5-17(13-20)24-23-25(30)21-14-18(28)9-12-22(21)34-26(23)27(31)29(24)15-16-7-10-19(32-2)11-8-16/h4-14,24H,3,15H2,1-2H3. The summed E-state index contributed by atoms with van der Waals surface area (Å²) in [6, 6.07) is 19.1. The molecule has 1 aromatic heterocycles. The van der Waals surface area contributed by atoms with Crippen molar-refractivity contribution in [1.82, 2.24) is 4.90 Å². The van der Waals surface area contributed by atoms with Crippen LogP contribution in [0.3, 0.4) is 0 Å². The second-order valence-electron chi connectivity index (χ2n) is 8.00. The molecule has 7 heteroatoms. The predicted octanol–water partition coefficient (Wildman–Crippen LogP) is 5.60. The molecule has 6 nitrogen and oxygen atoms in total. The summed E-state index contributed by atoms with van der Waals surface area (Å²) in [5.41, 5.74) is 2.03. The van der Waals surface area contributed by atoms with E-state index in [9.17, 15) is 9.59 Å². The van der Waals surface area contributed by atoms with Crippen molar-refractivity contribution < 1.29 is 18.7 Å². The number of rotatable bonds is 6. The average molecular weight is 476 g/mol. The summed E-state index contributed by atoms with van der Waals surface area (Å²) in [6.07, 6.45) is 0. The van der Waals surface area contributed by atoms with Crippen LogP contribution in [0.4, 0.5) is 0 Å². The van der Waals surface area contributed by atoms with E-state index in [-0.39, 0.29) is 23.6 Å². The van der Waals surface area contributed by atoms with Gasteiger partial charge in [-0.15, -0.1) is 0 Å². The van der Waals surface area contributed by atoms with E-state index < -0.39 is 6.04 Å². The molecular weight excluding hydrogens is 454 g/mol. The van der Waals surface area contributed by atoms with Crippen molar-refractivity contribution in [2.75, 3.05) is 13.7 Å². The summed E-state index contributed by atoms with van der Waals surface area (Å²) in [4.78, 5) is 28.9. The lowest BCUT2D eigenvalue weighted by Gasteiger charge is -2.25. The van der Waals surface area contributed by atoms with Crippen LogP contribution in [0.15, 0.2) is 75.9 Å². The number of amides is 1. The van der Waals surface area contributed by atoms with Crippen molar-refractivity contribution in [3.05, 3.63) is 104 Å². The van der Waals surface area contributed by atoms with Gasteiger partial charge in [-0.25, -0.2) is 0 Å². The molecule has 0 saturated heterocycles. The maximum absolute atomic E-state index is 13.6. The van der Waals surface area contributed by atoms with Crippen LogP contribution in [0.1, 0.15) is 40.2 Å². The molecule has 4 aromatic rings. The second-order valence-corrected chi connectivity index (χ2v) is 8.44. The number of carbonyl (C=O) groups is 1. The lowest BCUT2D eigenvalue weighted by atomic mass is 9.98. The Balaban J connectivity index is 1.68. The predicted molar refractivity (Wildman–Crippen MR) is 130 cm³/mol. The van der Waals surface area contributed by atoms with E-state index in [0.29, 0.717) is 33.9 Å². The highest BCUT2D eigenvalue weighted by atomic mass is 35.5. The fourth-order valence-electron chi connectivity index (χ4n) is 4.37. The number of ether oxygens (including phenoxy) is 2. The molecule has 172 valence electrons. The van der Waals surface area contributed by atoms with Crippen LogP contribution in [0, 0.1) is 0 Å². The van der Waals surface area contributed by atoms with Crippen LogP contribution in [0.25, 0.3) is 11.0 Å². The first-order chi connectivity index (χ1) is 16.5. The Labute approximate surface area is 201 Å². The normalized spacial score (nSPS) is 15.0. The van der Waals surface area contributed by atoms with Gasteiger partial charge in [0.05, 0.1) is 30.7 Å². The third-order valence-corrected chi connectivity index (χ3v) is 6.16. The van der Waals surface area contributed by atoms with Crippen molar-refractivity contribution in [2.24, 2.45) is 0 Å². The van der Waals surface area contributed by atoms with E-state index in [1.807, 2.05) is 55.5 Å². The molecule has 1 aliphatic rings. The topological polar surface area (TPSA) is 69.0 Å². The smallest absolute Gasteiger partial charge is 0.291 e. The maximum atomic E-state index is 13.6. The third kappa shape index (κ3) is 3.80. The van der Waals surface area contributed by atoms with Gasteiger partial charge in [0.1, 0.15) is 17.1 Å². The molecule has 1 amide bonds. The summed E-state index contributed by atoms with van der Waals surface area (Å²) < 4.78 is 16.9. The Morgan fingerprint density at radius 1 is 1.00 bits per heavy atom. The SMILES string of the molecule is CCOc1cccc(C2c3c(oc4ccc(Cl)cc4c3=O)C(=O)N2Cc2ccc(OC)cc2)c1. The lowest BCUT2D eigenvalue weighted by Crippen LogP contribution is -2.29. The van der Waals surface area contributed by atoms with Gasteiger partial charge in [0.25, 0.3) is 5.91 Å². The van der Waals surface area contributed by atoms with E-state index >= 15 is 0 Å². The van der Waals surface area contributed by atoms with Crippen LogP contribution in [0.5, 0.6) is 11.5 Å². The Morgan fingerprint density at radius 2 is 1.79 bits per heavy atom. The molecule has 0 spiro atoms. The van der Waals surface area contributed by atoms with Gasteiger partial charge in [0.2, 0.25) is 5.76 Å². The minimum absolute atomic E-state index is 0.0557. The largest absolute Gasteiger partial charge is 0.497 e. The quantitative estimate of drug-likeness (QED) is 0.363. The molecule has 0 radical (unpaired) electrons. The molecule has 1 atom stereocenters. The van der Waals surface area contributed by atoms with E-state index in [0.717, 1.165) is 16.9 Å². The number of hydrogen-bond acceptors (Lipinski definition) is 5. The van der Waals surface area contributed by atoms with Gasteiger partial charge in [0, 0.05) is 11.6 Å². The first-order valence-electron chi connectivity index (χ1n) is 10.9. The van der Waals surface area contributed by atoms with E-state index in [2.05, 4.69) is 0 Å². The molecule has 0 aliphatic carbocycles. The minimum Gasteiger partial charge on any atom is -0.497 e. The molecule has 2 heterocycles. The fourth-order valence-corrected chi connectivity index (χ4v) is 4.54. The molecule has 3 aromatic carbocycles. The van der Waals surface area contributed by atoms with Crippen LogP contribution in [0.2, 0.25) is 5.02 Å². The number of halogens is 1. The summed E-state index contributed by atoms with van der Waals surface area (Å²) in [6.45, 7) is 2.69. The Hall–Kier alpha value is -3.77. The highest BCUT2D eigenvalue weighted by Crippen LogP contribution is 2.40. The van der Waals surface area contributed by atoms with Crippen molar-refractivity contribution >= 4 is 28.5 Å². The van der Waals surface area contributed by atoms with Crippen molar-refractivity contribution in [2.45, 2.75) is 19.5 Å². The van der Waals surface area contributed by atoms with Gasteiger partial charge in [-0.2, -0.15) is 0 Å². The molecule has 0 N–H and O–H groups in total. The minimum atomic E-state index is -0.635. The summed E-state index contributed by atoms with van der Waals surface area (Å²) in [7, 11) is 1.60. The average Bonchev–Trinajstić information content (AvgIpc) is 3.12. The highest BCUT2D eigenvalue weighted by Gasteiger charge is 2.42. The van der Waals surface area contributed by atoms with Crippen molar-refractivity contribution in [1.29, 1.82) is 0 Å². The van der Waals surface area contributed by atoms with Crippen LogP contribution in [-0.2, 0) is 6.54 Å².